The molecular weight excluding hydrogens is 326 g/mol. The molecule has 4 unspecified atom stereocenters. The Labute approximate surface area is 145 Å². The van der Waals surface area contributed by atoms with E-state index in [0.717, 1.165) is 0 Å². The maximum absolute atomic E-state index is 13.1. The van der Waals surface area contributed by atoms with E-state index in [0.29, 0.717) is 36.4 Å². The summed E-state index contributed by atoms with van der Waals surface area (Å²) in [6, 6.07) is 0.228. The van der Waals surface area contributed by atoms with Gasteiger partial charge in [0.2, 0.25) is 11.6 Å². The van der Waals surface area contributed by atoms with Crippen molar-refractivity contribution in [3.63, 3.8) is 0 Å². The van der Waals surface area contributed by atoms with Gasteiger partial charge in [-0.15, -0.1) is 0 Å². The third-order valence-electron chi connectivity index (χ3n) is 5.86. The van der Waals surface area contributed by atoms with Crippen molar-refractivity contribution in [2.75, 3.05) is 33.4 Å². The summed E-state index contributed by atoms with van der Waals surface area (Å²) in [7, 11) is 1.56. The molecule has 8 nitrogen and oxygen atoms in total. The van der Waals surface area contributed by atoms with Crippen molar-refractivity contribution < 1.29 is 24.5 Å². The first-order valence-corrected chi connectivity index (χ1v) is 8.61. The molecule has 0 aromatic heterocycles. The lowest BCUT2D eigenvalue weighted by molar-refractivity contribution is -0.137. The average Bonchev–Trinajstić information content (AvgIpc) is 3.22. The van der Waals surface area contributed by atoms with Crippen LogP contribution in [0.15, 0.2) is 22.5 Å². The first-order valence-electron chi connectivity index (χ1n) is 8.61. The molecule has 0 bridgehead atoms. The van der Waals surface area contributed by atoms with Gasteiger partial charge >= 0.3 is 0 Å². The van der Waals surface area contributed by atoms with Crippen LogP contribution in [0.2, 0.25) is 0 Å². The molecular formula is C17H23N3O5. The SMILES string of the molecule is COC12C(CO)C3=C(C(=O)C(C)=C(NCCCO)C3=O)N1CC1NC12. The Hall–Kier alpha value is -1.74. The standard InChI is InChI=1S/C17H23N3O5/c1-8-12(18-4-3-5-21)15(24)11-9(7-22)17(25-2)16-10(19-16)6-20(17)13(11)14(8)23/h9-10,16,18-19,21-22H,3-7H2,1-2H3. The maximum Gasteiger partial charge on any atom is 0.208 e. The van der Waals surface area contributed by atoms with Crippen molar-refractivity contribution >= 4 is 11.6 Å². The number of ketones is 2. The second-order valence-corrected chi connectivity index (χ2v) is 6.98. The summed E-state index contributed by atoms with van der Waals surface area (Å²) in [5.41, 5.74) is 0.488. The van der Waals surface area contributed by atoms with E-state index in [1.54, 1.807) is 14.0 Å². The molecule has 2 saturated heterocycles. The zero-order valence-electron chi connectivity index (χ0n) is 14.3. The van der Waals surface area contributed by atoms with Gasteiger partial charge in [-0.1, -0.05) is 0 Å². The quantitative estimate of drug-likeness (QED) is 0.253. The molecule has 2 fully saturated rings. The summed E-state index contributed by atoms with van der Waals surface area (Å²) >= 11 is 0. The number of ether oxygens (including phenoxy) is 1. The van der Waals surface area contributed by atoms with Gasteiger partial charge in [-0.25, -0.2) is 0 Å². The van der Waals surface area contributed by atoms with Gasteiger partial charge in [0.1, 0.15) is 0 Å². The second kappa shape index (κ2) is 5.63. The number of methoxy groups -OCH3 is 1. The van der Waals surface area contributed by atoms with Gasteiger partial charge < -0.3 is 30.5 Å². The van der Waals surface area contributed by atoms with Gasteiger partial charge in [0.15, 0.2) is 5.72 Å². The number of aliphatic hydroxyl groups is 2. The van der Waals surface area contributed by atoms with Crippen molar-refractivity contribution in [1.82, 2.24) is 15.5 Å². The molecule has 8 heteroatoms. The van der Waals surface area contributed by atoms with E-state index < -0.39 is 11.6 Å². The minimum absolute atomic E-state index is 0.00395. The van der Waals surface area contributed by atoms with Crippen LogP contribution in [0.3, 0.4) is 0 Å². The number of piperazine rings is 1. The highest BCUT2D eigenvalue weighted by Crippen LogP contribution is 2.55. The minimum Gasteiger partial charge on any atom is -0.396 e. The smallest absolute Gasteiger partial charge is 0.208 e. The second-order valence-electron chi connectivity index (χ2n) is 6.98. The molecule has 0 aromatic carbocycles. The fraction of sp³-hybridized carbons (Fsp3) is 0.647. The Morgan fingerprint density at radius 1 is 1.36 bits per heavy atom. The van der Waals surface area contributed by atoms with Crippen molar-refractivity contribution in [3.8, 4) is 0 Å². The van der Waals surface area contributed by atoms with Gasteiger partial charge in [-0.3, -0.25) is 9.59 Å². The fourth-order valence-electron chi connectivity index (χ4n) is 4.65. The predicted octanol–water partition coefficient (Wildman–Crippen LogP) is -1.74. The highest BCUT2D eigenvalue weighted by molar-refractivity contribution is 6.25. The maximum atomic E-state index is 13.1. The van der Waals surface area contributed by atoms with Crippen LogP contribution in [0, 0.1) is 5.92 Å². The number of aliphatic hydroxyl groups excluding tert-OH is 2. The minimum atomic E-state index is -0.879. The Balaban J connectivity index is 1.75. The normalized spacial score (nSPS) is 36.0. The molecule has 3 aliphatic heterocycles. The van der Waals surface area contributed by atoms with Crippen molar-refractivity contribution in [2.45, 2.75) is 31.2 Å². The summed E-state index contributed by atoms with van der Waals surface area (Å²) in [6.07, 6.45) is 0.482. The van der Waals surface area contributed by atoms with Crippen LogP contribution in [0.4, 0.5) is 0 Å². The predicted molar refractivity (Wildman–Crippen MR) is 87.2 cm³/mol. The van der Waals surface area contributed by atoms with E-state index in [1.165, 1.54) is 0 Å². The Morgan fingerprint density at radius 2 is 2.12 bits per heavy atom. The molecule has 0 amide bonds. The molecule has 0 aromatic rings. The molecule has 0 spiro atoms. The summed E-state index contributed by atoms with van der Waals surface area (Å²) in [5.74, 6) is -1.02. The van der Waals surface area contributed by atoms with E-state index in [2.05, 4.69) is 10.6 Å². The number of carbonyl (C=O) groups excluding carboxylic acids is 2. The molecule has 3 heterocycles. The largest absolute Gasteiger partial charge is 0.396 e. The Bertz CT molecular complexity index is 715. The summed E-state index contributed by atoms with van der Waals surface area (Å²) in [6.45, 7) is 2.37. The van der Waals surface area contributed by atoms with E-state index in [4.69, 9.17) is 9.84 Å². The third kappa shape index (κ3) is 1.96. The number of rotatable bonds is 6. The van der Waals surface area contributed by atoms with Crippen LogP contribution in [0.5, 0.6) is 0 Å². The van der Waals surface area contributed by atoms with Gasteiger partial charge in [0.25, 0.3) is 0 Å². The molecule has 0 saturated carbocycles. The number of Topliss-reactive ketones (excluding diaryl/α,β-unsaturated/α-hetero) is 2. The van der Waals surface area contributed by atoms with Crippen molar-refractivity contribution in [2.24, 2.45) is 5.92 Å². The van der Waals surface area contributed by atoms with E-state index in [-0.39, 0.29) is 42.6 Å². The summed E-state index contributed by atoms with van der Waals surface area (Å²) < 4.78 is 5.82. The van der Waals surface area contributed by atoms with Crippen LogP contribution >= 0.6 is 0 Å². The number of allylic oxidation sites excluding steroid dienone is 2. The van der Waals surface area contributed by atoms with Crippen molar-refractivity contribution in [3.05, 3.63) is 22.5 Å². The monoisotopic (exact) mass is 349 g/mol. The lowest BCUT2D eigenvalue weighted by atomic mass is 9.82. The first kappa shape index (κ1) is 16.7. The van der Waals surface area contributed by atoms with Crippen LogP contribution < -0.4 is 10.6 Å². The first-order chi connectivity index (χ1) is 12.0. The van der Waals surface area contributed by atoms with Gasteiger partial charge in [0, 0.05) is 44.0 Å². The lowest BCUT2D eigenvalue weighted by Gasteiger charge is -2.39. The van der Waals surface area contributed by atoms with Crippen LogP contribution in [0.25, 0.3) is 0 Å². The molecule has 136 valence electrons. The summed E-state index contributed by atoms with van der Waals surface area (Å²) in [5, 5.41) is 25.3. The lowest BCUT2D eigenvalue weighted by Crippen LogP contribution is -2.54. The molecule has 25 heavy (non-hydrogen) atoms. The van der Waals surface area contributed by atoms with Crippen LogP contribution in [-0.4, -0.2) is 77.9 Å². The zero-order chi connectivity index (χ0) is 17.9. The fourth-order valence-corrected chi connectivity index (χ4v) is 4.65. The topological polar surface area (TPSA) is 121 Å². The third-order valence-corrected chi connectivity index (χ3v) is 5.86. The zero-order valence-corrected chi connectivity index (χ0v) is 14.3. The molecule has 4 atom stereocenters. The number of nitrogens with one attached hydrogen (secondary N) is 2. The molecule has 1 aliphatic carbocycles. The van der Waals surface area contributed by atoms with Crippen LogP contribution in [0.1, 0.15) is 13.3 Å². The Morgan fingerprint density at radius 3 is 2.76 bits per heavy atom. The van der Waals surface area contributed by atoms with Gasteiger partial charge in [-0.05, 0) is 13.3 Å². The average molecular weight is 349 g/mol. The van der Waals surface area contributed by atoms with E-state index in [9.17, 15) is 14.7 Å². The highest BCUT2D eigenvalue weighted by Gasteiger charge is 2.72. The molecule has 4 aliphatic rings. The Kier molecular flexibility index (Phi) is 3.77. The number of fused-ring (bicyclic) bond motifs is 4. The highest BCUT2D eigenvalue weighted by atomic mass is 16.5. The van der Waals surface area contributed by atoms with Crippen LogP contribution in [-0.2, 0) is 14.3 Å². The summed E-state index contributed by atoms with van der Waals surface area (Å²) in [4.78, 5) is 28.0. The molecule has 0 radical (unpaired) electrons. The van der Waals surface area contributed by atoms with Crippen molar-refractivity contribution in [1.29, 1.82) is 0 Å². The van der Waals surface area contributed by atoms with Gasteiger partial charge in [-0.2, -0.15) is 0 Å². The van der Waals surface area contributed by atoms with E-state index in [1.807, 2.05) is 4.90 Å². The number of nitrogens with zero attached hydrogens (tertiary/aromatic N) is 1. The van der Waals surface area contributed by atoms with Gasteiger partial charge in [0.05, 0.1) is 30.0 Å². The number of carbonyl (C=O) groups is 2. The molecule has 4 rings (SSSR count). The number of hydrogen-bond donors (Lipinski definition) is 4. The molecule has 4 N–H and O–H groups in total. The number of hydrogen-bond acceptors (Lipinski definition) is 8. The van der Waals surface area contributed by atoms with E-state index >= 15 is 0 Å².